The van der Waals surface area contributed by atoms with Gasteiger partial charge in [0.1, 0.15) is 5.82 Å². The summed E-state index contributed by atoms with van der Waals surface area (Å²) in [5.41, 5.74) is 2.86. The van der Waals surface area contributed by atoms with Crippen molar-refractivity contribution in [1.29, 1.82) is 0 Å². The van der Waals surface area contributed by atoms with Crippen LogP contribution in [-0.2, 0) is 17.9 Å². The number of tetrazole rings is 1. The first-order chi connectivity index (χ1) is 15.5. The lowest BCUT2D eigenvalue weighted by atomic mass is 10.1. The van der Waals surface area contributed by atoms with E-state index < -0.39 is 0 Å². The predicted octanol–water partition coefficient (Wildman–Crippen LogP) is 3.18. The minimum absolute atomic E-state index is 0.0259. The Morgan fingerprint density at radius 2 is 1.84 bits per heavy atom. The number of carbonyl (C=O) groups is 1. The number of nitrogens with zero attached hydrogens (tertiary/aromatic N) is 6. The number of hydrogen-bond acceptors (Lipinski definition) is 5. The zero-order valence-corrected chi connectivity index (χ0v) is 18.5. The molecule has 7 nitrogen and oxygen atoms in total. The smallest absolute Gasteiger partial charge is 0.246 e. The van der Waals surface area contributed by atoms with Gasteiger partial charge in [0, 0.05) is 43.8 Å². The second-order valence-corrected chi connectivity index (χ2v) is 8.21. The molecular formula is C23H24ClFN6O. The number of carbonyl (C=O) groups excluding carboxylic acids is 1. The van der Waals surface area contributed by atoms with Crippen molar-refractivity contribution in [1.82, 2.24) is 30.0 Å². The van der Waals surface area contributed by atoms with Crippen molar-refractivity contribution in [3.8, 4) is 0 Å². The lowest BCUT2D eigenvalue weighted by Crippen LogP contribution is -2.47. The quantitative estimate of drug-likeness (QED) is 0.535. The van der Waals surface area contributed by atoms with Gasteiger partial charge in [0.25, 0.3) is 0 Å². The Labute approximate surface area is 191 Å². The van der Waals surface area contributed by atoms with Crippen molar-refractivity contribution in [3.63, 3.8) is 0 Å². The van der Waals surface area contributed by atoms with Crippen LogP contribution < -0.4 is 0 Å². The van der Waals surface area contributed by atoms with Crippen molar-refractivity contribution in [2.45, 2.75) is 20.0 Å². The van der Waals surface area contributed by atoms with E-state index in [1.807, 2.05) is 23.1 Å². The highest BCUT2D eigenvalue weighted by atomic mass is 35.5. The Kier molecular flexibility index (Phi) is 6.92. The molecule has 0 bridgehead atoms. The Balaban J connectivity index is 1.35. The molecule has 2 heterocycles. The van der Waals surface area contributed by atoms with Gasteiger partial charge in [-0.05, 0) is 59.2 Å². The average Bonchev–Trinajstić information content (AvgIpc) is 3.19. The van der Waals surface area contributed by atoms with Gasteiger partial charge in [-0.3, -0.25) is 9.69 Å². The van der Waals surface area contributed by atoms with Crippen molar-refractivity contribution in [2.75, 3.05) is 26.2 Å². The summed E-state index contributed by atoms with van der Waals surface area (Å²) in [6.07, 6.45) is 3.41. The molecule has 4 rings (SSSR count). The summed E-state index contributed by atoms with van der Waals surface area (Å²) in [5.74, 6) is 0.340. The van der Waals surface area contributed by atoms with E-state index in [4.69, 9.17) is 11.6 Å². The molecule has 1 aliphatic rings. The molecule has 1 aliphatic heterocycles. The van der Waals surface area contributed by atoms with E-state index in [0.717, 1.165) is 36.3 Å². The SMILES string of the molecule is Cc1nnn(Cc2cc(Cl)ccc2/C=C/C(=O)N2CCN(Cc3ccc(F)cc3)CC2)n1. The molecular weight excluding hydrogens is 431 g/mol. The maximum Gasteiger partial charge on any atom is 0.246 e. The first kappa shape index (κ1) is 22.1. The third-order valence-corrected chi connectivity index (χ3v) is 5.61. The minimum atomic E-state index is -0.229. The Morgan fingerprint density at radius 1 is 1.09 bits per heavy atom. The summed E-state index contributed by atoms with van der Waals surface area (Å²) < 4.78 is 13.1. The highest BCUT2D eigenvalue weighted by Crippen LogP contribution is 2.19. The van der Waals surface area contributed by atoms with Crippen LogP contribution in [0.5, 0.6) is 0 Å². The third-order valence-electron chi connectivity index (χ3n) is 5.38. The van der Waals surface area contributed by atoms with E-state index in [0.29, 0.717) is 30.5 Å². The number of aromatic nitrogens is 4. The lowest BCUT2D eigenvalue weighted by molar-refractivity contribution is -0.127. The van der Waals surface area contributed by atoms with Gasteiger partial charge in [0.15, 0.2) is 5.82 Å². The van der Waals surface area contributed by atoms with Gasteiger partial charge >= 0.3 is 0 Å². The first-order valence-electron chi connectivity index (χ1n) is 10.4. The van der Waals surface area contributed by atoms with Crippen molar-refractivity contribution in [2.24, 2.45) is 0 Å². The summed E-state index contributed by atoms with van der Waals surface area (Å²) in [5, 5.41) is 12.7. The van der Waals surface area contributed by atoms with Crippen molar-refractivity contribution < 1.29 is 9.18 Å². The van der Waals surface area contributed by atoms with E-state index in [9.17, 15) is 9.18 Å². The number of amides is 1. The van der Waals surface area contributed by atoms with Crippen LogP contribution in [0.3, 0.4) is 0 Å². The summed E-state index contributed by atoms with van der Waals surface area (Å²) in [4.78, 5) is 18.3. The Hall–Kier alpha value is -3.10. The normalized spacial score (nSPS) is 14.9. The van der Waals surface area contributed by atoms with Crippen LogP contribution in [0.4, 0.5) is 4.39 Å². The first-order valence-corrected chi connectivity index (χ1v) is 10.8. The monoisotopic (exact) mass is 454 g/mol. The van der Waals surface area contributed by atoms with Crippen LogP contribution in [0.25, 0.3) is 6.08 Å². The molecule has 0 spiro atoms. The van der Waals surface area contributed by atoms with Crippen LogP contribution in [0.1, 0.15) is 22.5 Å². The number of benzene rings is 2. The van der Waals surface area contributed by atoms with Gasteiger partial charge in [0.05, 0.1) is 6.54 Å². The van der Waals surface area contributed by atoms with Gasteiger partial charge in [-0.1, -0.05) is 29.8 Å². The van der Waals surface area contributed by atoms with E-state index in [2.05, 4.69) is 20.3 Å². The van der Waals surface area contributed by atoms with Crippen molar-refractivity contribution >= 4 is 23.6 Å². The summed E-state index contributed by atoms with van der Waals surface area (Å²) in [6.45, 7) is 5.81. The number of rotatable bonds is 6. The molecule has 32 heavy (non-hydrogen) atoms. The molecule has 166 valence electrons. The molecule has 1 saturated heterocycles. The molecule has 0 N–H and O–H groups in total. The lowest BCUT2D eigenvalue weighted by Gasteiger charge is -2.34. The number of piperazine rings is 1. The maximum absolute atomic E-state index is 13.1. The predicted molar refractivity (Wildman–Crippen MR) is 120 cm³/mol. The van der Waals surface area contributed by atoms with Crippen molar-refractivity contribution in [3.05, 3.63) is 81.9 Å². The fourth-order valence-electron chi connectivity index (χ4n) is 3.66. The molecule has 0 aliphatic carbocycles. The highest BCUT2D eigenvalue weighted by molar-refractivity contribution is 6.30. The zero-order chi connectivity index (χ0) is 22.5. The molecule has 3 aromatic rings. The average molecular weight is 455 g/mol. The zero-order valence-electron chi connectivity index (χ0n) is 17.8. The van der Waals surface area contributed by atoms with E-state index >= 15 is 0 Å². The fourth-order valence-corrected chi connectivity index (χ4v) is 3.85. The van der Waals surface area contributed by atoms with Crippen LogP contribution in [0, 0.1) is 12.7 Å². The van der Waals surface area contributed by atoms with Gasteiger partial charge < -0.3 is 4.90 Å². The van der Waals surface area contributed by atoms with Gasteiger partial charge in [-0.25, -0.2) is 4.39 Å². The highest BCUT2D eigenvalue weighted by Gasteiger charge is 2.19. The molecule has 0 atom stereocenters. The van der Waals surface area contributed by atoms with Crippen LogP contribution in [0.15, 0.2) is 48.5 Å². The summed E-state index contributed by atoms with van der Waals surface area (Å²) in [7, 11) is 0. The number of hydrogen-bond donors (Lipinski definition) is 0. The second kappa shape index (κ2) is 10.0. The Bertz CT molecular complexity index is 1110. The third kappa shape index (κ3) is 5.77. The maximum atomic E-state index is 13.1. The van der Waals surface area contributed by atoms with Crippen LogP contribution in [-0.4, -0.2) is 62.1 Å². The molecule has 0 saturated carbocycles. The van der Waals surface area contributed by atoms with Gasteiger partial charge in [0.2, 0.25) is 5.91 Å². The Morgan fingerprint density at radius 3 is 2.53 bits per heavy atom. The van der Waals surface area contributed by atoms with Crippen LogP contribution >= 0.6 is 11.6 Å². The van der Waals surface area contributed by atoms with E-state index in [1.165, 1.54) is 16.9 Å². The summed E-state index contributed by atoms with van der Waals surface area (Å²) >= 11 is 6.16. The second-order valence-electron chi connectivity index (χ2n) is 7.77. The molecule has 2 aromatic carbocycles. The van der Waals surface area contributed by atoms with Crippen LogP contribution in [0.2, 0.25) is 5.02 Å². The number of aryl methyl sites for hydroxylation is 1. The van der Waals surface area contributed by atoms with Gasteiger partial charge in [-0.15, -0.1) is 10.2 Å². The molecule has 1 amide bonds. The molecule has 0 unspecified atom stereocenters. The molecule has 1 aromatic heterocycles. The molecule has 0 radical (unpaired) electrons. The molecule has 9 heteroatoms. The summed E-state index contributed by atoms with van der Waals surface area (Å²) in [6, 6.07) is 12.1. The molecule has 1 fully saturated rings. The van der Waals surface area contributed by atoms with E-state index in [-0.39, 0.29) is 11.7 Å². The fraction of sp³-hybridized carbons (Fsp3) is 0.304. The topological polar surface area (TPSA) is 67.2 Å². The van der Waals surface area contributed by atoms with E-state index in [1.54, 1.807) is 31.2 Å². The standard InChI is InChI=1S/C23H24ClFN6O/c1-17-26-28-31(27-17)16-20-14-21(24)6-4-19(20)5-9-23(32)30-12-10-29(11-13-30)15-18-2-7-22(25)8-3-18/h2-9,14H,10-13,15-16H2,1H3/b9-5+. The number of halogens is 2. The minimum Gasteiger partial charge on any atom is -0.337 e. The largest absolute Gasteiger partial charge is 0.337 e. The van der Waals surface area contributed by atoms with Gasteiger partial charge in [-0.2, -0.15) is 4.80 Å².